The highest BCUT2D eigenvalue weighted by atomic mass is 79.9. The summed E-state index contributed by atoms with van der Waals surface area (Å²) in [4.78, 5) is 16.9. The van der Waals surface area contributed by atoms with Gasteiger partial charge in [0.1, 0.15) is 11.5 Å². The highest BCUT2D eigenvalue weighted by Crippen LogP contribution is 2.28. The molecule has 3 aromatic carbocycles. The molecule has 1 aromatic heterocycles. The molecule has 5 rings (SSSR count). The lowest BCUT2D eigenvalue weighted by Crippen LogP contribution is -2.05. The molecule has 0 N–H and O–H groups in total. The maximum absolute atomic E-state index is 13.5. The Morgan fingerprint density at radius 3 is 2.31 bits per heavy atom. The lowest BCUT2D eigenvalue weighted by Gasteiger charge is -2.00. The van der Waals surface area contributed by atoms with Gasteiger partial charge in [0.15, 0.2) is 5.70 Å². The number of aromatic nitrogens is 2. The van der Waals surface area contributed by atoms with Crippen molar-refractivity contribution in [1.82, 2.24) is 9.78 Å². The van der Waals surface area contributed by atoms with Crippen molar-refractivity contribution in [1.29, 1.82) is 0 Å². The lowest BCUT2D eigenvalue weighted by atomic mass is 10.1. The van der Waals surface area contributed by atoms with Crippen LogP contribution in [-0.2, 0) is 9.53 Å². The predicted molar refractivity (Wildman–Crippen MR) is 124 cm³/mol. The molecule has 0 aliphatic carbocycles. The van der Waals surface area contributed by atoms with Crippen LogP contribution in [0.2, 0.25) is 0 Å². The van der Waals surface area contributed by atoms with Gasteiger partial charge in [0.2, 0.25) is 5.90 Å². The van der Waals surface area contributed by atoms with E-state index < -0.39 is 5.97 Å². The molecule has 0 unspecified atom stereocenters. The first kappa shape index (κ1) is 20.1. The second-order valence-corrected chi connectivity index (χ2v) is 7.98. The number of carbonyl (C=O) groups excluding carboxylic acids is 1. The Bertz CT molecular complexity index is 1360. The number of esters is 1. The van der Waals surface area contributed by atoms with Crippen LogP contribution in [0.3, 0.4) is 0 Å². The first-order chi connectivity index (χ1) is 15.6. The number of hydrogen-bond donors (Lipinski definition) is 0. The Kier molecular flexibility index (Phi) is 5.25. The van der Waals surface area contributed by atoms with Gasteiger partial charge >= 0.3 is 5.97 Å². The average molecular weight is 488 g/mol. The van der Waals surface area contributed by atoms with E-state index in [-0.39, 0.29) is 17.4 Å². The van der Waals surface area contributed by atoms with Crippen LogP contribution >= 0.6 is 15.9 Å². The van der Waals surface area contributed by atoms with Crippen LogP contribution in [0.25, 0.3) is 23.0 Å². The number of halogens is 2. The van der Waals surface area contributed by atoms with Gasteiger partial charge in [-0.05, 0) is 66.7 Å². The van der Waals surface area contributed by atoms with Gasteiger partial charge in [0.25, 0.3) is 0 Å². The molecule has 0 amide bonds. The van der Waals surface area contributed by atoms with Crippen molar-refractivity contribution in [3.8, 4) is 16.9 Å². The van der Waals surface area contributed by atoms with Crippen molar-refractivity contribution in [2.24, 2.45) is 4.99 Å². The number of nitrogens with zero attached hydrogens (tertiary/aromatic N) is 3. The molecule has 2 heterocycles. The summed E-state index contributed by atoms with van der Waals surface area (Å²) in [6.45, 7) is 0. The number of rotatable bonds is 4. The summed E-state index contributed by atoms with van der Waals surface area (Å²) in [6, 6.07) is 23.0. The Morgan fingerprint density at radius 1 is 0.906 bits per heavy atom. The van der Waals surface area contributed by atoms with Crippen molar-refractivity contribution in [2.45, 2.75) is 0 Å². The monoisotopic (exact) mass is 487 g/mol. The van der Waals surface area contributed by atoms with Crippen LogP contribution in [0.4, 0.5) is 4.39 Å². The van der Waals surface area contributed by atoms with E-state index in [9.17, 15) is 9.18 Å². The molecule has 0 saturated carbocycles. The molecule has 7 heteroatoms. The number of ether oxygens (including phenoxy) is 1. The summed E-state index contributed by atoms with van der Waals surface area (Å²) in [5.74, 6) is -0.632. The maximum Gasteiger partial charge on any atom is 0.363 e. The van der Waals surface area contributed by atoms with E-state index in [2.05, 4.69) is 26.0 Å². The second-order valence-electron chi connectivity index (χ2n) is 7.06. The third kappa shape index (κ3) is 4.02. The Balaban J connectivity index is 1.59. The highest BCUT2D eigenvalue weighted by molar-refractivity contribution is 9.10. The number of cyclic esters (lactones) is 1. The molecular weight excluding hydrogens is 473 g/mol. The summed E-state index contributed by atoms with van der Waals surface area (Å²) in [5.41, 5.74) is 3.70. The first-order valence-electron chi connectivity index (χ1n) is 9.76. The quantitative estimate of drug-likeness (QED) is 0.270. The molecule has 0 saturated heterocycles. The number of hydrogen-bond acceptors (Lipinski definition) is 4. The van der Waals surface area contributed by atoms with E-state index in [4.69, 9.17) is 4.74 Å². The second kappa shape index (κ2) is 8.36. The van der Waals surface area contributed by atoms with Crippen molar-refractivity contribution < 1.29 is 13.9 Å². The van der Waals surface area contributed by atoms with E-state index in [1.165, 1.54) is 12.1 Å². The van der Waals surface area contributed by atoms with Crippen molar-refractivity contribution >= 4 is 33.9 Å². The molecule has 0 radical (unpaired) electrons. The van der Waals surface area contributed by atoms with Gasteiger partial charge in [-0.25, -0.2) is 18.9 Å². The summed E-state index contributed by atoms with van der Waals surface area (Å²) in [7, 11) is 0. The molecule has 1 aliphatic rings. The average Bonchev–Trinajstić information content (AvgIpc) is 3.39. The normalized spacial score (nSPS) is 14.5. The van der Waals surface area contributed by atoms with Crippen LogP contribution in [0.5, 0.6) is 0 Å². The van der Waals surface area contributed by atoms with Gasteiger partial charge in [-0.1, -0.05) is 34.1 Å². The molecule has 1 aliphatic heterocycles. The fourth-order valence-electron chi connectivity index (χ4n) is 3.31. The summed E-state index contributed by atoms with van der Waals surface area (Å²) in [5, 5.41) is 4.68. The largest absolute Gasteiger partial charge is 0.402 e. The molecule has 4 aromatic rings. The summed E-state index contributed by atoms with van der Waals surface area (Å²) < 4.78 is 21.5. The molecule has 156 valence electrons. The number of para-hydroxylation sites is 1. The third-order valence-corrected chi connectivity index (χ3v) is 5.41. The molecule has 0 bridgehead atoms. The molecule has 5 nitrogen and oxygen atoms in total. The van der Waals surface area contributed by atoms with E-state index in [1.54, 1.807) is 29.1 Å². The van der Waals surface area contributed by atoms with Crippen LogP contribution < -0.4 is 0 Å². The van der Waals surface area contributed by atoms with E-state index in [0.717, 1.165) is 15.7 Å². The summed E-state index contributed by atoms with van der Waals surface area (Å²) >= 11 is 3.39. The van der Waals surface area contributed by atoms with Gasteiger partial charge in [0.05, 0.1) is 5.69 Å². The van der Waals surface area contributed by atoms with Crippen molar-refractivity contribution in [3.05, 3.63) is 112 Å². The SMILES string of the molecule is O=C1OC(c2ccc(Br)cc2)=N/C1=C\c1cn(-c2ccccc2)nc1-c1ccc(F)cc1. The minimum absolute atomic E-state index is 0.166. The Hall–Kier alpha value is -3.84. The van der Waals surface area contributed by atoms with Crippen LogP contribution in [-0.4, -0.2) is 21.6 Å². The van der Waals surface area contributed by atoms with Crippen molar-refractivity contribution in [3.63, 3.8) is 0 Å². The number of aliphatic imine (C=N–C) groups is 1. The molecule has 32 heavy (non-hydrogen) atoms. The van der Waals surface area contributed by atoms with Crippen LogP contribution in [0, 0.1) is 5.82 Å². The first-order valence-corrected chi connectivity index (χ1v) is 10.6. The van der Waals surface area contributed by atoms with Gasteiger partial charge in [-0.15, -0.1) is 0 Å². The number of benzene rings is 3. The number of carbonyl (C=O) groups is 1. The fourth-order valence-corrected chi connectivity index (χ4v) is 3.57. The van der Waals surface area contributed by atoms with Gasteiger partial charge < -0.3 is 4.74 Å². The van der Waals surface area contributed by atoms with Gasteiger partial charge in [0, 0.05) is 27.4 Å². The van der Waals surface area contributed by atoms with E-state index in [1.807, 2.05) is 54.6 Å². The zero-order valence-corrected chi connectivity index (χ0v) is 18.2. The Morgan fingerprint density at radius 2 is 1.59 bits per heavy atom. The molecule has 0 atom stereocenters. The molecular formula is C25H15BrFN3O2. The topological polar surface area (TPSA) is 56.5 Å². The predicted octanol–water partition coefficient (Wildman–Crippen LogP) is 5.79. The highest BCUT2D eigenvalue weighted by Gasteiger charge is 2.25. The third-order valence-electron chi connectivity index (χ3n) is 4.88. The Labute approximate surface area is 191 Å². The smallest absolute Gasteiger partial charge is 0.363 e. The molecule has 0 spiro atoms. The van der Waals surface area contributed by atoms with Gasteiger partial charge in [-0.2, -0.15) is 5.10 Å². The molecule has 0 fully saturated rings. The van der Waals surface area contributed by atoms with Gasteiger partial charge in [-0.3, -0.25) is 0 Å². The van der Waals surface area contributed by atoms with Crippen molar-refractivity contribution in [2.75, 3.05) is 0 Å². The standard InChI is InChI=1S/C25H15BrFN3O2/c26-19-10-6-17(7-11-19)24-28-22(25(31)32-24)14-18-15-30(21-4-2-1-3-5-21)29-23(18)16-8-12-20(27)13-9-16/h1-15H/b22-14-. The maximum atomic E-state index is 13.5. The minimum atomic E-state index is -0.541. The minimum Gasteiger partial charge on any atom is -0.402 e. The van der Waals surface area contributed by atoms with Crippen LogP contribution in [0.15, 0.2) is 100 Å². The lowest BCUT2D eigenvalue weighted by molar-refractivity contribution is -0.129. The van der Waals surface area contributed by atoms with E-state index >= 15 is 0 Å². The summed E-state index contributed by atoms with van der Waals surface area (Å²) in [6.07, 6.45) is 3.45. The van der Waals surface area contributed by atoms with Crippen LogP contribution in [0.1, 0.15) is 11.1 Å². The fraction of sp³-hybridized carbons (Fsp3) is 0. The zero-order chi connectivity index (χ0) is 22.1. The zero-order valence-electron chi connectivity index (χ0n) is 16.6. The van der Waals surface area contributed by atoms with E-state index in [0.29, 0.717) is 16.8 Å².